The van der Waals surface area contributed by atoms with E-state index in [2.05, 4.69) is 4.98 Å². The van der Waals surface area contributed by atoms with Gasteiger partial charge in [-0.2, -0.15) is 0 Å². The third-order valence-corrected chi connectivity index (χ3v) is 3.90. The van der Waals surface area contributed by atoms with E-state index in [9.17, 15) is 9.90 Å². The van der Waals surface area contributed by atoms with Crippen molar-refractivity contribution in [3.8, 4) is 0 Å². The van der Waals surface area contributed by atoms with Gasteiger partial charge in [-0.15, -0.1) is 11.3 Å². The van der Waals surface area contributed by atoms with Gasteiger partial charge in [-0.25, -0.2) is 4.98 Å². The lowest BCUT2D eigenvalue weighted by Crippen LogP contribution is -2.14. The number of anilines is 2. The van der Waals surface area contributed by atoms with Crippen LogP contribution in [0.4, 0.5) is 10.8 Å². The van der Waals surface area contributed by atoms with E-state index in [1.165, 1.54) is 6.92 Å². The standard InChI is InChI=1S/C23H27N3O2S/c1-16-5-4-7-18(13-16)21(27)8-3-2-6-17-9-11-19(12-10-17)25-22(28)14-20-15-29-23(24)26-20/h4-5,7,9-13,15,21,27H,2-3,6,8,14H2,1H3,(H2,24,26)(H,25,28)/t21-/m0/s1/i2D2,4D,5D,6D2,7D,9D,10D,11D,12D,13D,14D2,15D,21D. The number of hydrogen-bond acceptors (Lipinski definition) is 5. The van der Waals surface area contributed by atoms with Gasteiger partial charge < -0.3 is 16.2 Å². The number of hydrogen-bond donors (Lipinski definition) is 3. The lowest BCUT2D eigenvalue weighted by molar-refractivity contribution is -0.115. The van der Waals surface area contributed by atoms with Crippen molar-refractivity contribution in [3.63, 3.8) is 0 Å². The van der Waals surface area contributed by atoms with Crippen LogP contribution in [0.15, 0.2) is 53.7 Å². The van der Waals surface area contributed by atoms with Gasteiger partial charge in [0.1, 0.15) is 0 Å². The maximum atomic E-state index is 12.8. The van der Waals surface area contributed by atoms with E-state index in [-0.39, 0.29) is 10.7 Å². The molecular weight excluding hydrogens is 382 g/mol. The van der Waals surface area contributed by atoms with Crippen LogP contribution in [0.25, 0.3) is 0 Å². The molecule has 4 N–H and O–H groups in total. The second-order valence-corrected chi connectivity index (χ2v) is 6.41. The molecule has 0 unspecified atom stereocenters. The average Bonchev–Trinajstić information content (AvgIpc) is 3.29. The third-order valence-electron chi connectivity index (χ3n) is 3.31. The molecule has 0 aliphatic rings. The molecule has 1 aromatic heterocycles. The molecule has 0 radical (unpaired) electrons. The summed E-state index contributed by atoms with van der Waals surface area (Å²) in [4.78, 5) is 16.4. The minimum atomic E-state index is -3.34. The van der Waals surface area contributed by atoms with Gasteiger partial charge in [-0.05, 0) is 49.3 Å². The normalized spacial score (nSPS) is 22.4. The molecule has 0 aliphatic carbocycles. The molecule has 0 bridgehead atoms. The van der Waals surface area contributed by atoms with E-state index in [0.29, 0.717) is 11.3 Å². The van der Waals surface area contributed by atoms with Crippen molar-refractivity contribution in [2.24, 2.45) is 0 Å². The molecule has 0 aliphatic heterocycles. The van der Waals surface area contributed by atoms with E-state index in [4.69, 9.17) is 27.7 Å². The van der Waals surface area contributed by atoms with Crippen LogP contribution in [0.3, 0.4) is 0 Å². The van der Waals surface area contributed by atoms with Crippen LogP contribution in [0.5, 0.6) is 0 Å². The Balaban J connectivity index is 2.00. The van der Waals surface area contributed by atoms with Crippen LogP contribution in [-0.2, 0) is 17.5 Å². The zero-order valence-electron chi connectivity index (χ0n) is 31.2. The highest BCUT2D eigenvalue weighted by molar-refractivity contribution is 7.13. The number of benzene rings is 2. The molecule has 29 heavy (non-hydrogen) atoms. The number of carbonyl (C=O) groups excluding carboxylic acids is 1. The van der Waals surface area contributed by atoms with Crippen LogP contribution in [-0.4, -0.2) is 16.0 Å². The van der Waals surface area contributed by atoms with E-state index in [1.54, 1.807) is 0 Å². The highest BCUT2D eigenvalue weighted by atomic mass is 32.1. The molecule has 1 heterocycles. The first kappa shape index (κ1) is 8.58. The number of amides is 1. The van der Waals surface area contributed by atoms with E-state index >= 15 is 0 Å². The number of carbonyl (C=O) groups is 1. The molecule has 1 atom stereocenters. The van der Waals surface area contributed by atoms with E-state index in [1.807, 2.05) is 5.32 Å². The quantitative estimate of drug-likeness (QED) is 0.465. The molecular formula is C23H27N3O2S. The zero-order chi connectivity index (χ0) is 34.8. The SMILES string of the molecule is [2H]c1sc(N)nc1C([2H])([2H])C(=O)Nc1c([2H])c([2H])c(C([2H])([2H])C([2H])([2H])CC[C@]([2H])(O)c2c([2H])c([2H])c([2H])c(C)c2[2H])c([2H])c1[2H]. The highest BCUT2D eigenvalue weighted by Gasteiger charge is 2.08. The third kappa shape index (κ3) is 6.69. The zero-order valence-corrected chi connectivity index (χ0v) is 16.0. The van der Waals surface area contributed by atoms with Gasteiger partial charge in [-0.3, -0.25) is 4.79 Å². The minimum Gasteiger partial charge on any atom is -0.388 e. The molecule has 6 heteroatoms. The van der Waals surface area contributed by atoms with Crippen molar-refractivity contribution < 1.29 is 31.8 Å². The van der Waals surface area contributed by atoms with Crippen molar-refractivity contribution in [2.75, 3.05) is 11.1 Å². The molecule has 5 nitrogen and oxygen atoms in total. The predicted octanol–water partition coefficient (Wildman–Crippen LogP) is 4.66. The fraction of sp³-hybridized carbons (Fsp3) is 0.304. The fourth-order valence-electron chi connectivity index (χ4n) is 2.04. The maximum Gasteiger partial charge on any atom is 0.230 e. The molecule has 0 fully saturated rings. The molecule has 0 saturated heterocycles. The summed E-state index contributed by atoms with van der Waals surface area (Å²) >= 11 is 0.585. The topological polar surface area (TPSA) is 88.2 Å². The summed E-state index contributed by atoms with van der Waals surface area (Å²) < 4.78 is 131. The highest BCUT2D eigenvalue weighted by Crippen LogP contribution is 2.21. The number of nitrogens with two attached hydrogens (primary N) is 1. The van der Waals surface area contributed by atoms with Gasteiger partial charge in [0.2, 0.25) is 5.91 Å². The largest absolute Gasteiger partial charge is 0.388 e. The second-order valence-electron chi connectivity index (χ2n) is 5.58. The summed E-state index contributed by atoms with van der Waals surface area (Å²) in [6, 6.07) is -6.90. The van der Waals surface area contributed by atoms with Gasteiger partial charge in [0.25, 0.3) is 0 Å². The average molecular weight is 426 g/mol. The molecule has 0 spiro atoms. The molecule has 0 saturated carbocycles. The number of aliphatic hydroxyl groups is 1. The monoisotopic (exact) mass is 425 g/mol. The van der Waals surface area contributed by atoms with Gasteiger partial charge in [0.05, 0.1) is 31.9 Å². The summed E-state index contributed by atoms with van der Waals surface area (Å²) in [5.41, 5.74) is 2.06. The Morgan fingerprint density at radius 1 is 1.38 bits per heavy atom. The Bertz CT molecular complexity index is 1630. The number of nitrogens with zero attached hydrogens (tertiary/aromatic N) is 1. The predicted molar refractivity (Wildman–Crippen MR) is 119 cm³/mol. The lowest BCUT2D eigenvalue weighted by atomic mass is 10.00. The summed E-state index contributed by atoms with van der Waals surface area (Å²) in [5, 5.41) is 12.1. The van der Waals surface area contributed by atoms with E-state index in [0.717, 1.165) is 0 Å². The first-order valence-electron chi connectivity index (χ1n) is 16.3. The van der Waals surface area contributed by atoms with Gasteiger partial charge >= 0.3 is 0 Å². The smallest absolute Gasteiger partial charge is 0.230 e. The Hall–Kier alpha value is -2.70. The van der Waals surface area contributed by atoms with Crippen molar-refractivity contribution in [1.29, 1.82) is 0 Å². The number of nitrogens with one attached hydrogen (secondary N) is 1. The molecule has 3 aromatic rings. The lowest BCUT2D eigenvalue weighted by Gasteiger charge is -2.11. The van der Waals surface area contributed by atoms with Gasteiger partial charge in [0, 0.05) is 19.3 Å². The van der Waals surface area contributed by atoms with E-state index < -0.39 is 120 Å². The Kier molecular flexibility index (Phi) is 3.01. The molecule has 3 rings (SSSR count). The number of nitrogen functional groups attached to an aromatic ring is 1. The van der Waals surface area contributed by atoms with Crippen LogP contribution in [0.1, 0.15) is 69.6 Å². The second kappa shape index (κ2) is 10.2. The number of rotatable bonds is 9. The summed E-state index contributed by atoms with van der Waals surface area (Å²) in [7, 11) is 0. The first-order chi connectivity index (χ1) is 20.3. The van der Waals surface area contributed by atoms with Crippen molar-refractivity contribution in [3.05, 3.63) is 76.1 Å². The van der Waals surface area contributed by atoms with Crippen molar-refractivity contribution >= 4 is 28.1 Å². The van der Waals surface area contributed by atoms with Crippen molar-refractivity contribution in [1.82, 2.24) is 4.98 Å². The Morgan fingerprint density at radius 3 is 2.90 bits per heavy atom. The Labute approximate surface area is 198 Å². The summed E-state index contributed by atoms with van der Waals surface area (Å²) in [6.45, 7) is 1.27. The van der Waals surface area contributed by atoms with Crippen LogP contribution in [0.2, 0.25) is 0 Å². The van der Waals surface area contributed by atoms with Crippen molar-refractivity contribution in [2.45, 2.75) is 45.0 Å². The van der Waals surface area contributed by atoms with Crippen LogP contribution >= 0.6 is 11.3 Å². The molecule has 1 amide bonds. The fourth-order valence-corrected chi connectivity index (χ4v) is 2.47. The summed E-state index contributed by atoms with van der Waals surface area (Å²) in [6.07, 6.45) is -14.3. The minimum absolute atomic E-state index is 0.116. The van der Waals surface area contributed by atoms with Crippen LogP contribution in [0, 0.1) is 6.92 Å². The van der Waals surface area contributed by atoms with Gasteiger partial charge in [0.15, 0.2) is 5.13 Å². The number of aromatic nitrogens is 1. The first-order valence-corrected chi connectivity index (χ1v) is 9.10. The van der Waals surface area contributed by atoms with Gasteiger partial charge in [-0.1, -0.05) is 48.2 Å². The van der Waals surface area contributed by atoms with Crippen LogP contribution < -0.4 is 11.1 Å². The number of thiazole rings is 1. The molecule has 2 aromatic carbocycles. The summed E-state index contributed by atoms with van der Waals surface area (Å²) in [5.74, 6) is -1.53. The molecule has 152 valence electrons. The maximum absolute atomic E-state index is 12.8. The Morgan fingerprint density at radius 2 is 2.17 bits per heavy atom.